The van der Waals surface area contributed by atoms with Gasteiger partial charge in [-0.05, 0) is 38.0 Å². The summed E-state index contributed by atoms with van der Waals surface area (Å²) in [6.07, 6.45) is -2.53. The number of carbonyl (C=O) groups is 1. The van der Waals surface area contributed by atoms with Crippen molar-refractivity contribution >= 4 is 17.4 Å². The summed E-state index contributed by atoms with van der Waals surface area (Å²) in [4.78, 5) is 20.7. The zero-order valence-electron chi connectivity index (χ0n) is 15.2. The largest absolute Gasteiger partial charge is 0.482 e. The van der Waals surface area contributed by atoms with E-state index in [0.717, 1.165) is 17.0 Å². The van der Waals surface area contributed by atoms with Crippen LogP contribution < -0.4 is 10.1 Å². The van der Waals surface area contributed by atoms with Crippen molar-refractivity contribution in [3.05, 3.63) is 47.5 Å². The van der Waals surface area contributed by atoms with Gasteiger partial charge in [0.15, 0.2) is 6.61 Å². The minimum Gasteiger partial charge on any atom is -0.482 e. The van der Waals surface area contributed by atoms with Gasteiger partial charge in [-0.15, -0.1) is 0 Å². The monoisotopic (exact) mass is 393 g/mol. The van der Waals surface area contributed by atoms with Crippen LogP contribution in [0.3, 0.4) is 0 Å². The Morgan fingerprint density at radius 3 is 2.75 bits per heavy atom. The number of halogens is 3. The number of hydrogen-bond acceptors (Lipinski definition) is 5. The number of nitrogens with zero attached hydrogens (tertiary/aromatic N) is 4. The lowest BCUT2D eigenvalue weighted by molar-refractivity contribution is -0.153. The maximum atomic E-state index is 12.4. The van der Waals surface area contributed by atoms with E-state index in [9.17, 15) is 18.0 Å². The Labute approximate surface area is 158 Å². The molecule has 1 amide bonds. The average Bonchev–Trinajstić information content (AvgIpc) is 3.08. The highest BCUT2D eigenvalue weighted by Gasteiger charge is 2.28. The van der Waals surface area contributed by atoms with E-state index >= 15 is 0 Å². The number of nitrogens with one attached hydrogen (secondary N) is 1. The van der Waals surface area contributed by atoms with Gasteiger partial charge in [0, 0.05) is 17.8 Å². The minimum atomic E-state index is -4.46. The zero-order chi connectivity index (χ0) is 20.3. The molecule has 148 valence electrons. The van der Waals surface area contributed by atoms with E-state index in [1.165, 1.54) is 24.5 Å². The van der Waals surface area contributed by atoms with Crippen molar-refractivity contribution in [3.63, 3.8) is 0 Å². The molecule has 0 spiro atoms. The molecule has 0 atom stereocenters. The number of aromatic nitrogens is 4. The van der Waals surface area contributed by atoms with Crippen LogP contribution >= 0.6 is 0 Å². The van der Waals surface area contributed by atoms with E-state index in [0.29, 0.717) is 12.2 Å². The number of hydrogen-bond donors (Lipinski definition) is 1. The molecule has 0 fully saturated rings. The van der Waals surface area contributed by atoms with Gasteiger partial charge in [-0.25, -0.2) is 9.50 Å². The SMILES string of the molecule is Cc1nc2ncnn2c(C)c1CCC(=O)Nc1ccccc1OCC(F)(F)F. The Bertz CT molecular complexity index is 1000. The molecule has 2 aromatic heterocycles. The third-order valence-corrected chi connectivity index (χ3v) is 4.14. The Morgan fingerprint density at radius 2 is 2.00 bits per heavy atom. The molecule has 0 saturated heterocycles. The van der Waals surface area contributed by atoms with Crippen molar-refractivity contribution < 1.29 is 22.7 Å². The lowest BCUT2D eigenvalue weighted by atomic mass is 10.1. The smallest absolute Gasteiger partial charge is 0.422 e. The van der Waals surface area contributed by atoms with E-state index in [2.05, 4.69) is 20.4 Å². The standard InChI is InChI=1S/C18H18F3N5O2/c1-11-13(12(2)26-17(24-11)22-10-23-26)7-8-16(27)25-14-5-3-4-6-15(14)28-9-18(19,20)21/h3-6,10H,7-9H2,1-2H3,(H,25,27). The molecule has 1 aromatic carbocycles. The second kappa shape index (κ2) is 7.83. The van der Waals surface area contributed by atoms with Gasteiger partial charge in [-0.1, -0.05) is 12.1 Å². The van der Waals surface area contributed by atoms with Crippen LogP contribution in [0.5, 0.6) is 5.75 Å². The maximum Gasteiger partial charge on any atom is 0.422 e. The number of anilines is 1. The maximum absolute atomic E-state index is 12.4. The van der Waals surface area contributed by atoms with Crippen LogP contribution in [0.15, 0.2) is 30.6 Å². The topological polar surface area (TPSA) is 81.4 Å². The highest BCUT2D eigenvalue weighted by molar-refractivity contribution is 5.92. The second-order valence-electron chi connectivity index (χ2n) is 6.18. The normalized spacial score (nSPS) is 11.6. The Kier molecular flexibility index (Phi) is 5.48. The number of benzene rings is 1. The van der Waals surface area contributed by atoms with Gasteiger partial charge in [0.2, 0.25) is 5.91 Å². The van der Waals surface area contributed by atoms with Crippen molar-refractivity contribution in [2.75, 3.05) is 11.9 Å². The average molecular weight is 393 g/mol. The fourth-order valence-electron chi connectivity index (χ4n) is 2.82. The number of carbonyl (C=O) groups excluding carboxylic acids is 1. The number of alkyl halides is 3. The first-order valence-corrected chi connectivity index (χ1v) is 8.49. The van der Waals surface area contributed by atoms with E-state index in [-0.39, 0.29) is 23.8 Å². The predicted octanol–water partition coefficient (Wildman–Crippen LogP) is 3.25. The van der Waals surface area contributed by atoms with E-state index in [4.69, 9.17) is 4.74 Å². The molecule has 0 bridgehead atoms. The van der Waals surface area contributed by atoms with Crippen molar-refractivity contribution in [1.29, 1.82) is 0 Å². The van der Waals surface area contributed by atoms with Gasteiger partial charge in [-0.2, -0.15) is 23.3 Å². The number of rotatable bonds is 6. The summed E-state index contributed by atoms with van der Waals surface area (Å²) >= 11 is 0. The number of aryl methyl sites for hydroxylation is 2. The van der Waals surface area contributed by atoms with Crippen LogP contribution in [0.1, 0.15) is 23.4 Å². The van der Waals surface area contributed by atoms with Gasteiger partial charge >= 0.3 is 6.18 Å². The molecule has 1 N–H and O–H groups in total. The van der Waals surface area contributed by atoms with E-state index in [1.54, 1.807) is 10.6 Å². The summed E-state index contributed by atoms with van der Waals surface area (Å²) in [7, 11) is 0. The quantitative estimate of drug-likeness (QED) is 0.695. The fraction of sp³-hybridized carbons (Fsp3) is 0.333. The molecular weight excluding hydrogens is 375 g/mol. The molecule has 0 aliphatic rings. The molecule has 2 heterocycles. The molecule has 0 saturated carbocycles. The van der Waals surface area contributed by atoms with Crippen molar-refractivity contribution in [1.82, 2.24) is 19.6 Å². The summed E-state index contributed by atoms with van der Waals surface area (Å²) in [6, 6.07) is 6.00. The molecule has 7 nitrogen and oxygen atoms in total. The number of fused-ring (bicyclic) bond motifs is 1. The van der Waals surface area contributed by atoms with Crippen LogP contribution in [0, 0.1) is 13.8 Å². The lowest BCUT2D eigenvalue weighted by Gasteiger charge is -2.14. The molecule has 0 unspecified atom stereocenters. The lowest BCUT2D eigenvalue weighted by Crippen LogP contribution is -2.20. The third-order valence-electron chi connectivity index (χ3n) is 4.14. The molecule has 3 rings (SSSR count). The summed E-state index contributed by atoms with van der Waals surface area (Å²) in [5, 5.41) is 6.70. The molecule has 10 heteroatoms. The van der Waals surface area contributed by atoms with Gasteiger partial charge in [0.1, 0.15) is 12.1 Å². The summed E-state index contributed by atoms with van der Waals surface area (Å²) in [6.45, 7) is 2.26. The van der Waals surface area contributed by atoms with Crippen molar-refractivity contribution in [3.8, 4) is 5.75 Å². The number of ether oxygens (including phenoxy) is 1. The van der Waals surface area contributed by atoms with Crippen LogP contribution in [-0.2, 0) is 11.2 Å². The summed E-state index contributed by atoms with van der Waals surface area (Å²) in [5.74, 6) is 0.103. The third kappa shape index (κ3) is 4.56. The van der Waals surface area contributed by atoms with Gasteiger partial charge in [-0.3, -0.25) is 4.79 Å². The summed E-state index contributed by atoms with van der Waals surface area (Å²) in [5.41, 5.74) is 2.64. The molecule has 0 aliphatic heterocycles. The first-order valence-electron chi connectivity index (χ1n) is 8.49. The van der Waals surface area contributed by atoms with Crippen LogP contribution in [0.2, 0.25) is 0 Å². The fourth-order valence-corrected chi connectivity index (χ4v) is 2.82. The highest BCUT2D eigenvalue weighted by atomic mass is 19.4. The van der Waals surface area contributed by atoms with Gasteiger partial charge in [0.05, 0.1) is 5.69 Å². The first-order chi connectivity index (χ1) is 13.2. The summed E-state index contributed by atoms with van der Waals surface area (Å²) < 4.78 is 43.5. The van der Waals surface area contributed by atoms with Crippen LogP contribution in [-0.4, -0.2) is 38.3 Å². The zero-order valence-corrected chi connectivity index (χ0v) is 15.2. The molecule has 28 heavy (non-hydrogen) atoms. The van der Waals surface area contributed by atoms with E-state index in [1.807, 2.05) is 13.8 Å². The van der Waals surface area contributed by atoms with Gasteiger partial charge < -0.3 is 10.1 Å². The van der Waals surface area contributed by atoms with E-state index < -0.39 is 12.8 Å². The van der Waals surface area contributed by atoms with Crippen molar-refractivity contribution in [2.24, 2.45) is 0 Å². The second-order valence-corrected chi connectivity index (χ2v) is 6.18. The molecular formula is C18H18F3N5O2. The Hall–Kier alpha value is -3.17. The minimum absolute atomic E-state index is 0.0359. The number of amides is 1. The Morgan fingerprint density at radius 1 is 1.25 bits per heavy atom. The molecule has 0 radical (unpaired) electrons. The molecule has 3 aromatic rings. The Balaban J connectivity index is 1.67. The van der Waals surface area contributed by atoms with Crippen molar-refractivity contribution in [2.45, 2.75) is 32.9 Å². The predicted molar refractivity (Wildman–Crippen MR) is 95.2 cm³/mol. The first kappa shape index (κ1) is 19.6. The molecule has 0 aliphatic carbocycles. The van der Waals surface area contributed by atoms with Crippen LogP contribution in [0.4, 0.5) is 18.9 Å². The highest BCUT2D eigenvalue weighted by Crippen LogP contribution is 2.26. The number of para-hydroxylation sites is 2. The van der Waals surface area contributed by atoms with Crippen LogP contribution in [0.25, 0.3) is 5.78 Å². The van der Waals surface area contributed by atoms with Gasteiger partial charge in [0.25, 0.3) is 5.78 Å².